The number of hydrogen-bond acceptors (Lipinski definition) is 3. The molecular formula is C12H19NO2. The van der Waals surface area contributed by atoms with Crippen molar-refractivity contribution in [3.8, 4) is 5.75 Å². The Kier molecular flexibility index (Phi) is 5.81. The molecule has 0 amide bonds. The summed E-state index contributed by atoms with van der Waals surface area (Å²) in [7, 11) is 0. The Balaban J connectivity index is 2.30. The number of hydrogen-bond donors (Lipinski definition) is 1. The summed E-state index contributed by atoms with van der Waals surface area (Å²) in [5.74, 6) is 0.886. The molecule has 0 aliphatic heterocycles. The summed E-state index contributed by atoms with van der Waals surface area (Å²) in [6.45, 7) is 4.70. The Labute approximate surface area is 91.2 Å². The van der Waals surface area contributed by atoms with Crippen LogP contribution in [0.2, 0.25) is 0 Å². The van der Waals surface area contributed by atoms with Gasteiger partial charge in [0.2, 0.25) is 0 Å². The summed E-state index contributed by atoms with van der Waals surface area (Å²) in [6.07, 6.45) is 0.909. The van der Waals surface area contributed by atoms with Crippen molar-refractivity contribution >= 4 is 0 Å². The predicted octanol–water partition coefficient (Wildman–Crippen LogP) is 1.95. The van der Waals surface area contributed by atoms with E-state index in [0.717, 1.165) is 30.9 Å². The molecular weight excluding hydrogens is 190 g/mol. The van der Waals surface area contributed by atoms with Crippen molar-refractivity contribution in [2.24, 2.45) is 5.73 Å². The first kappa shape index (κ1) is 12.0. The second-order valence-corrected chi connectivity index (χ2v) is 3.21. The van der Waals surface area contributed by atoms with Gasteiger partial charge in [0.25, 0.3) is 0 Å². The third-order valence-electron chi connectivity index (χ3n) is 2.09. The lowest BCUT2D eigenvalue weighted by molar-refractivity contribution is 0.130. The summed E-state index contributed by atoms with van der Waals surface area (Å²) in [4.78, 5) is 0. The minimum atomic E-state index is 0.516. The molecule has 2 N–H and O–H groups in total. The SMILES string of the molecule is CCOCCCOc1ccccc1CN. The first-order valence-electron chi connectivity index (χ1n) is 5.37. The predicted molar refractivity (Wildman–Crippen MR) is 60.9 cm³/mol. The van der Waals surface area contributed by atoms with E-state index in [0.29, 0.717) is 13.2 Å². The molecule has 3 nitrogen and oxygen atoms in total. The van der Waals surface area contributed by atoms with E-state index in [1.807, 2.05) is 31.2 Å². The van der Waals surface area contributed by atoms with Gasteiger partial charge < -0.3 is 15.2 Å². The lowest BCUT2D eigenvalue weighted by Crippen LogP contribution is -2.06. The average Bonchev–Trinajstić information content (AvgIpc) is 2.29. The minimum absolute atomic E-state index is 0.516. The average molecular weight is 209 g/mol. The third kappa shape index (κ3) is 4.32. The summed E-state index contributed by atoms with van der Waals surface area (Å²) in [6, 6.07) is 7.85. The van der Waals surface area contributed by atoms with Gasteiger partial charge in [-0.1, -0.05) is 18.2 Å². The molecule has 3 heteroatoms. The first-order valence-corrected chi connectivity index (χ1v) is 5.37. The molecule has 0 saturated carbocycles. The van der Waals surface area contributed by atoms with Crippen LogP contribution in [0.3, 0.4) is 0 Å². The molecule has 0 spiro atoms. The molecule has 15 heavy (non-hydrogen) atoms. The van der Waals surface area contributed by atoms with Crippen molar-refractivity contribution in [3.05, 3.63) is 29.8 Å². The van der Waals surface area contributed by atoms with Crippen molar-refractivity contribution in [1.82, 2.24) is 0 Å². The zero-order valence-corrected chi connectivity index (χ0v) is 9.24. The molecule has 0 aliphatic carbocycles. The van der Waals surface area contributed by atoms with Crippen LogP contribution < -0.4 is 10.5 Å². The van der Waals surface area contributed by atoms with Crippen molar-refractivity contribution < 1.29 is 9.47 Å². The van der Waals surface area contributed by atoms with Crippen molar-refractivity contribution in [2.75, 3.05) is 19.8 Å². The van der Waals surface area contributed by atoms with Gasteiger partial charge in [0.05, 0.1) is 6.61 Å². The van der Waals surface area contributed by atoms with Crippen LogP contribution in [0.25, 0.3) is 0 Å². The molecule has 1 rings (SSSR count). The number of para-hydroxylation sites is 1. The monoisotopic (exact) mass is 209 g/mol. The molecule has 0 heterocycles. The van der Waals surface area contributed by atoms with E-state index >= 15 is 0 Å². The second kappa shape index (κ2) is 7.26. The van der Waals surface area contributed by atoms with Crippen LogP contribution in [0.5, 0.6) is 5.75 Å². The number of ether oxygens (including phenoxy) is 2. The standard InChI is InChI=1S/C12H19NO2/c1-2-14-8-5-9-15-12-7-4-3-6-11(12)10-13/h3-4,6-7H,2,5,8-10,13H2,1H3. The summed E-state index contributed by atoms with van der Waals surface area (Å²) >= 11 is 0. The lowest BCUT2D eigenvalue weighted by atomic mass is 10.2. The summed E-state index contributed by atoms with van der Waals surface area (Å²) in [5, 5.41) is 0. The Morgan fingerprint density at radius 1 is 1.20 bits per heavy atom. The second-order valence-electron chi connectivity index (χ2n) is 3.21. The Morgan fingerprint density at radius 3 is 2.73 bits per heavy atom. The van der Waals surface area contributed by atoms with Gasteiger partial charge in [0.15, 0.2) is 0 Å². The maximum Gasteiger partial charge on any atom is 0.123 e. The molecule has 0 atom stereocenters. The van der Waals surface area contributed by atoms with Gasteiger partial charge in [-0.25, -0.2) is 0 Å². The highest BCUT2D eigenvalue weighted by Crippen LogP contribution is 2.16. The number of benzene rings is 1. The van der Waals surface area contributed by atoms with E-state index in [9.17, 15) is 0 Å². The van der Waals surface area contributed by atoms with Gasteiger partial charge >= 0.3 is 0 Å². The van der Waals surface area contributed by atoms with Crippen molar-refractivity contribution in [3.63, 3.8) is 0 Å². The molecule has 0 fully saturated rings. The van der Waals surface area contributed by atoms with Gasteiger partial charge in [0.1, 0.15) is 5.75 Å². The molecule has 0 unspecified atom stereocenters. The van der Waals surface area contributed by atoms with Gasteiger partial charge in [-0.3, -0.25) is 0 Å². The molecule has 1 aromatic rings. The Hall–Kier alpha value is -1.06. The molecule has 1 aromatic carbocycles. The minimum Gasteiger partial charge on any atom is -0.493 e. The van der Waals surface area contributed by atoms with Crippen molar-refractivity contribution in [2.45, 2.75) is 19.9 Å². The summed E-state index contributed by atoms with van der Waals surface area (Å²) < 4.78 is 10.8. The normalized spacial score (nSPS) is 10.3. The van der Waals surface area contributed by atoms with Crippen LogP contribution in [0, 0.1) is 0 Å². The van der Waals surface area contributed by atoms with Crippen LogP contribution in [0.4, 0.5) is 0 Å². The van der Waals surface area contributed by atoms with E-state index in [2.05, 4.69) is 0 Å². The highest BCUT2D eigenvalue weighted by atomic mass is 16.5. The van der Waals surface area contributed by atoms with E-state index in [4.69, 9.17) is 15.2 Å². The Bertz CT molecular complexity index is 276. The van der Waals surface area contributed by atoms with Gasteiger partial charge in [0, 0.05) is 31.7 Å². The fraction of sp³-hybridized carbons (Fsp3) is 0.500. The number of nitrogens with two attached hydrogens (primary N) is 1. The highest BCUT2D eigenvalue weighted by molar-refractivity contribution is 5.32. The van der Waals surface area contributed by atoms with Crippen LogP contribution in [0.1, 0.15) is 18.9 Å². The zero-order chi connectivity index (χ0) is 10.9. The smallest absolute Gasteiger partial charge is 0.123 e. The lowest BCUT2D eigenvalue weighted by Gasteiger charge is -2.09. The molecule has 84 valence electrons. The van der Waals surface area contributed by atoms with Crippen LogP contribution in [0.15, 0.2) is 24.3 Å². The molecule has 0 radical (unpaired) electrons. The number of rotatable bonds is 7. The van der Waals surface area contributed by atoms with E-state index in [-0.39, 0.29) is 0 Å². The zero-order valence-electron chi connectivity index (χ0n) is 9.24. The van der Waals surface area contributed by atoms with Crippen LogP contribution in [-0.2, 0) is 11.3 Å². The molecule has 0 aromatic heterocycles. The maximum atomic E-state index is 5.61. The van der Waals surface area contributed by atoms with Gasteiger partial charge in [-0.15, -0.1) is 0 Å². The molecule has 0 bridgehead atoms. The van der Waals surface area contributed by atoms with Crippen LogP contribution in [-0.4, -0.2) is 19.8 Å². The largest absolute Gasteiger partial charge is 0.493 e. The van der Waals surface area contributed by atoms with E-state index < -0.39 is 0 Å². The highest BCUT2D eigenvalue weighted by Gasteiger charge is 1.99. The van der Waals surface area contributed by atoms with Gasteiger partial charge in [-0.2, -0.15) is 0 Å². The molecule has 0 saturated heterocycles. The fourth-order valence-corrected chi connectivity index (χ4v) is 1.30. The fourth-order valence-electron chi connectivity index (χ4n) is 1.30. The topological polar surface area (TPSA) is 44.5 Å². The summed E-state index contributed by atoms with van der Waals surface area (Å²) in [5.41, 5.74) is 6.65. The Morgan fingerprint density at radius 2 is 2.00 bits per heavy atom. The van der Waals surface area contributed by atoms with Crippen LogP contribution >= 0.6 is 0 Å². The molecule has 0 aliphatic rings. The van der Waals surface area contributed by atoms with Gasteiger partial charge in [-0.05, 0) is 13.0 Å². The van der Waals surface area contributed by atoms with Crippen molar-refractivity contribution in [1.29, 1.82) is 0 Å². The first-order chi connectivity index (χ1) is 7.38. The van der Waals surface area contributed by atoms with E-state index in [1.54, 1.807) is 0 Å². The third-order valence-corrected chi connectivity index (χ3v) is 2.09. The van der Waals surface area contributed by atoms with E-state index in [1.165, 1.54) is 0 Å². The quantitative estimate of drug-likeness (QED) is 0.698. The maximum absolute atomic E-state index is 5.61.